The van der Waals surface area contributed by atoms with E-state index in [9.17, 15) is 9.59 Å². The van der Waals surface area contributed by atoms with Crippen LogP contribution in [0.2, 0.25) is 0 Å². The SMILES string of the molecule is CCCSc1nnc(NC(=O)C2(C)Cc3cc(C(C)C)ccc3C(=O)O2)s1. The van der Waals surface area contributed by atoms with Crippen LogP contribution in [0.5, 0.6) is 0 Å². The number of carbonyl (C=O) groups excluding carboxylic acids is 2. The molecule has 144 valence electrons. The zero-order valence-electron chi connectivity index (χ0n) is 15.9. The van der Waals surface area contributed by atoms with Gasteiger partial charge in [-0.1, -0.05) is 56.0 Å². The first kappa shape index (κ1) is 19.8. The van der Waals surface area contributed by atoms with Crippen molar-refractivity contribution >= 4 is 40.1 Å². The molecule has 0 aliphatic carbocycles. The third-order valence-electron chi connectivity index (χ3n) is 4.40. The Kier molecular flexibility index (Phi) is 5.86. The number of amides is 1. The Labute approximate surface area is 167 Å². The van der Waals surface area contributed by atoms with Crippen molar-refractivity contribution in [1.82, 2.24) is 10.2 Å². The molecule has 1 N–H and O–H groups in total. The molecular formula is C19H23N3O3S2. The molecule has 8 heteroatoms. The van der Waals surface area contributed by atoms with Crippen LogP contribution < -0.4 is 5.32 Å². The Morgan fingerprint density at radius 3 is 2.89 bits per heavy atom. The van der Waals surface area contributed by atoms with E-state index in [0.717, 1.165) is 27.6 Å². The second-order valence-corrected chi connectivity index (χ2v) is 9.36. The summed E-state index contributed by atoms with van der Waals surface area (Å²) in [5.41, 5.74) is 1.22. The van der Waals surface area contributed by atoms with Crippen molar-refractivity contribution < 1.29 is 14.3 Å². The fraction of sp³-hybridized carbons (Fsp3) is 0.474. The number of thioether (sulfide) groups is 1. The Balaban J connectivity index is 1.77. The van der Waals surface area contributed by atoms with Gasteiger partial charge >= 0.3 is 5.97 Å². The molecule has 0 saturated heterocycles. The van der Waals surface area contributed by atoms with Crippen LogP contribution in [0.15, 0.2) is 22.5 Å². The number of aromatic nitrogens is 2. The molecule has 0 bridgehead atoms. The van der Waals surface area contributed by atoms with Crippen LogP contribution in [0, 0.1) is 0 Å². The molecule has 1 aromatic heterocycles. The van der Waals surface area contributed by atoms with Crippen molar-refractivity contribution in [3.05, 3.63) is 34.9 Å². The van der Waals surface area contributed by atoms with Gasteiger partial charge in [0.2, 0.25) is 5.13 Å². The molecule has 0 saturated carbocycles. The number of anilines is 1. The number of cyclic esters (lactones) is 1. The van der Waals surface area contributed by atoms with E-state index >= 15 is 0 Å². The number of carbonyl (C=O) groups is 2. The van der Waals surface area contributed by atoms with Crippen LogP contribution in [0.3, 0.4) is 0 Å². The minimum absolute atomic E-state index is 0.330. The topological polar surface area (TPSA) is 81.2 Å². The summed E-state index contributed by atoms with van der Waals surface area (Å²) in [6.07, 6.45) is 1.37. The first-order chi connectivity index (χ1) is 12.8. The van der Waals surface area contributed by atoms with Crippen LogP contribution in [0.4, 0.5) is 5.13 Å². The Morgan fingerprint density at radius 1 is 1.41 bits per heavy atom. The molecule has 0 radical (unpaired) electrons. The summed E-state index contributed by atoms with van der Waals surface area (Å²) < 4.78 is 6.32. The molecule has 6 nitrogen and oxygen atoms in total. The smallest absolute Gasteiger partial charge is 0.339 e. The zero-order chi connectivity index (χ0) is 19.6. The van der Waals surface area contributed by atoms with E-state index in [1.807, 2.05) is 12.1 Å². The highest BCUT2D eigenvalue weighted by Crippen LogP contribution is 2.32. The van der Waals surface area contributed by atoms with Gasteiger partial charge < -0.3 is 4.74 Å². The molecular weight excluding hydrogens is 382 g/mol. The van der Waals surface area contributed by atoms with Crippen molar-refractivity contribution in [2.75, 3.05) is 11.1 Å². The van der Waals surface area contributed by atoms with Gasteiger partial charge in [0.25, 0.3) is 5.91 Å². The minimum Gasteiger partial charge on any atom is -0.445 e. The fourth-order valence-electron chi connectivity index (χ4n) is 2.84. The maximum Gasteiger partial charge on any atom is 0.339 e. The number of fused-ring (bicyclic) bond motifs is 1. The molecule has 0 spiro atoms. The number of esters is 1. The number of hydrogen-bond acceptors (Lipinski definition) is 7. The molecule has 1 amide bonds. The molecule has 2 aromatic rings. The summed E-state index contributed by atoms with van der Waals surface area (Å²) in [4.78, 5) is 25.3. The number of benzene rings is 1. The molecule has 0 fully saturated rings. The maximum absolute atomic E-state index is 12.8. The van der Waals surface area contributed by atoms with Crippen molar-refractivity contribution in [1.29, 1.82) is 0 Å². The summed E-state index contributed by atoms with van der Waals surface area (Å²) in [6.45, 7) is 7.92. The minimum atomic E-state index is -1.28. The highest BCUT2D eigenvalue weighted by molar-refractivity contribution is 8.01. The van der Waals surface area contributed by atoms with Gasteiger partial charge in [-0.25, -0.2) is 4.79 Å². The monoisotopic (exact) mass is 405 g/mol. The van der Waals surface area contributed by atoms with Gasteiger partial charge in [-0.15, -0.1) is 10.2 Å². The van der Waals surface area contributed by atoms with Crippen LogP contribution in [-0.4, -0.2) is 33.4 Å². The van der Waals surface area contributed by atoms with Gasteiger partial charge in [0, 0.05) is 12.2 Å². The third kappa shape index (κ3) is 4.32. The predicted octanol–water partition coefficient (Wildman–Crippen LogP) is 4.27. The largest absolute Gasteiger partial charge is 0.445 e. The zero-order valence-corrected chi connectivity index (χ0v) is 17.5. The third-order valence-corrected chi connectivity index (χ3v) is 6.58. The lowest BCUT2D eigenvalue weighted by Crippen LogP contribution is -2.49. The van der Waals surface area contributed by atoms with Gasteiger partial charge in [-0.05, 0) is 36.5 Å². The molecule has 3 rings (SSSR count). The van der Waals surface area contributed by atoms with Crippen molar-refractivity contribution in [2.45, 2.75) is 56.4 Å². The first-order valence-electron chi connectivity index (χ1n) is 8.96. The van der Waals surface area contributed by atoms with Gasteiger partial charge in [0.15, 0.2) is 9.94 Å². The normalized spacial score (nSPS) is 18.9. The maximum atomic E-state index is 12.8. The van der Waals surface area contributed by atoms with Gasteiger partial charge in [-0.3, -0.25) is 10.1 Å². The Bertz CT molecular complexity index is 866. The highest BCUT2D eigenvalue weighted by Gasteiger charge is 2.43. The average Bonchev–Trinajstić information content (AvgIpc) is 3.06. The fourth-order valence-corrected chi connectivity index (χ4v) is 4.51. The van der Waals surface area contributed by atoms with E-state index in [1.54, 1.807) is 24.8 Å². The lowest BCUT2D eigenvalue weighted by Gasteiger charge is -2.33. The lowest BCUT2D eigenvalue weighted by molar-refractivity contribution is -0.134. The summed E-state index contributed by atoms with van der Waals surface area (Å²) in [6, 6.07) is 5.72. The van der Waals surface area contributed by atoms with Gasteiger partial charge in [0.1, 0.15) is 0 Å². The van der Waals surface area contributed by atoms with Crippen LogP contribution >= 0.6 is 23.1 Å². The van der Waals surface area contributed by atoms with Gasteiger partial charge in [0.05, 0.1) is 5.56 Å². The quantitative estimate of drug-likeness (QED) is 0.439. The van der Waals surface area contributed by atoms with Crippen molar-refractivity contribution in [3.8, 4) is 0 Å². The summed E-state index contributed by atoms with van der Waals surface area (Å²) >= 11 is 2.93. The van der Waals surface area contributed by atoms with Gasteiger partial charge in [-0.2, -0.15) is 0 Å². The number of nitrogens with one attached hydrogen (secondary N) is 1. The Hall–Kier alpha value is -1.93. The molecule has 1 aliphatic heterocycles. The number of nitrogens with zero attached hydrogens (tertiary/aromatic N) is 2. The molecule has 1 atom stereocenters. The second-order valence-electron chi connectivity index (χ2n) is 7.04. The van der Waals surface area contributed by atoms with E-state index < -0.39 is 11.6 Å². The standard InChI is InChI=1S/C19H23N3O3S2/c1-5-8-26-18-22-21-17(27-18)20-16(24)19(4)10-13-9-12(11(2)3)6-7-14(13)15(23)25-19/h6-7,9,11H,5,8,10H2,1-4H3,(H,20,21,24). The molecule has 1 aliphatic rings. The number of hydrogen-bond donors (Lipinski definition) is 1. The molecule has 2 heterocycles. The van der Waals surface area contributed by atoms with E-state index in [1.165, 1.54) is 11.3 Å². The lowest BCUT2D eigenvalue weighted by atomic mass is 9.87. The van der Waals surface area contributed by atoms with Crippen molar-refractivity contribution in [3.63, 3.8) is 0 Å². The van der Waals surface area contributed by atoms with E-state index in [-0.39, 0.29) is 5.91 Å². The van der Waals surface area contributed by atoms with Crippen LogP contribution in [-0.2, 0) is 16.0 Å². The summed E-state index contributed by atoms with van der Waals surface area (Å²) in [5.74, 6) is 0.432. The van der Waals surface area contributed by atoms with E-state index in [4.69, 9.17) is 4.74 Å². The van der Waals surface area contributed by atoms with Crippen LogP contribution in [0.1, 0.15) is 61.5 Å². The number of ether oxygens (including phenoxy) is 1. The van der Waals surface area contributed by atoms with Crippen LogP contribution in [0.25, 0.3) is 0 Å². The molecule has 1 unspecified atom stereocenters. The molecule has 1 aromatic carbocycles. The average molecular weight is 406 g/mol. The first-order valence-corrected chi connectivity index (χ1v) is 10.8. The Morgan fingerprint density at radius 2 is 2.19 bits per heavy atom. The van der Waals surface area contributed by atoms with E-state index in [0.29, 0.717) is 23.0 Å². The van der Waals surface area contributed by atoms with Crippen molar-refractivity contribution in [2.24, 2.45) is 0 Å². The number of rotatable bonds is 6. The van der Waals surface area contributed by atoms with E-state index in [2.05, 4.69) is 36.3 Å². The summed E-state index contributed by atoms with van der Waals surface area (Å²) in [7, 11) is 0. The second kappa shape index (κ2) is 7.98. The highest BCUT2D eigenvalue weighted by atomic mass is 32.2. The summed E-state index contributed by atoms with van der Waals surface area (Å²) in [5, 5.41) is 11.2. The molecule has 27 heavy (non-hydrogen) atoms. The predicted molar refractivity (Wildman–Crippen MR) is 108 cm³/mol.